The summed E-state index contributed by atoms with van der Waals surface area (Å²) in [7, 11) is 0. The number of nitrogens with one attached hydrogen (secondary N) is 2. The summed E-state index contributed by atoms with van der Waals surface area (Å²) >= 11 is 0. The van der Waals surface area contributed by atoms with E-state index in [1.165, 1.54) is 18.2 Å². The molecule has 0 unspecified atom stereocenters. The Kier molecular flexibility index (Phi) is 7.37. The van der Waals surface area contributed by atoms with Crippen LogP contribution in [0.3, 0.4) is 0 Å². The number of nitrogens with zero attached hydrogens (tertiary/aromatic N) is 1. The van der Waals surface area contributed by atoms with Crippen LogP contribution in [0.2, 0.25) is 0 Å². The first-order chi connectivity index (χ1) is 14.3. The predicted octanol–water partition coefficient (Wildman–Crippen LogP) is 2.25. The number of benzene rings is 1. The van der Waals surface area contributed by atoms with Crippen LogP contribution < -0.4 is 10.6 Å². The first-order valence-corrected chi connectivity index (χ1v) is 9.90. The van der Waals surface area contributed by atoms with Gasteiger partial charge in [-0.15, -0.1) is 0 Å². The van der Waals surface area contributed by atoms with Crippen LogP contribution in [0.25, 0.3) is 0 Å². The molecule has 0 radical (unpaired) electrons. The zero-order chi connectivity index (χ0) is 23.5. The van der Waals surface area contributed by atoms with Crippen LogP contribution in [0.15, 0.2) is 24.3 Å². The Morgan fingerprint density at radius 2 is 1.94 bits per heavy atom. The highest BCUT2D eigenvalue weighted by Crippen LogP contribution is 2.28. The van der Waals surface area contributed by atoms with Crippen LogP contribution in [0.5, 0.6) is 0 Å². The fourth-order valence-electron chi connectivity index (χ4n) is 3.21. The number of ether oxygens (including phenoxy) is 1. The molecule has 5 amide bonds. The van der Waals surface area contributed by atoms with Gasteiger partial charge in [-0.25, -0.2) is 14.0 Å². The lowest BCUT2D eigenvalue weighted by Gasteiger charge is -2.35. The standard InChI is InChI=1S/C21H28FN3O6/c1-11(2)25-18(28)16(17(27)23-19(25)29)14(26)10-15(12-7-6-8-13(22)9-12)31-20(30)24-21(3,4)5/h6-9,11,14-16,26H,10H2,1-5H3,(H,24,30)(H,23,27,29)/t14-,15-,16-/m1/s1. The van der Waals surface area contributed by atoms with Crippen LogP contribution in [0.4, 0.5) is 14.0 Å². The van der Waals surface area contributed by atoms with Crippen molar-refractivity contribution in [3.63, 3.8) is 0 Å². The Balaban J connectivity index is 2.28. The number of halogens is 1. The van der Waals surface area contributed by atoms with Crippen molar-refractivity contribution in [2.24, 2.45) is 5.92 Å². The monoisotopic (exact) mass is 437 g/mol. The maximum atomic E-state index is 13.8. The van der Waals surface area contributed by atoms with Gasteiger partial charge in [-0.2, -0.15) is 0 Å². The Morgan fingerprint density at radius 3 is 2.48 bits per heavy atom. The minimum absolute atomic E-state index is 0.239. The number of hydrogen-bond acceptors (Lipinski definition) is 6. The quantitative estimate of drug-likeness (QED) is 0.586. The summed E-state index contributed by atoms with van der Waals surface area (Å²) in [6.07, 6.45) is -3.94. The molecule has 1 aromatic carbocycles. The number of aliphatic hydroxyl groups excluding tert-OH is 1. The molecule has 0 aromatic heterocycles. The maximum absolute atomic E-state index is 13.8. The largest absolute Gasteiger partial charge is 0.441 e. The van der Waals surface area contributed by atoms with Crippen molar-refractivity contribution < 1.29 is 33.4 Å². The van der Waals surface area contributed by atoms with Crippen molar-refractivity contribution in [3.8, 4) is 0 Å². The van der Waals surface area contributed by atoms with Crippen molar-refractivity contribution in [3.05, 3.63) is 35.6 Å². The summed E-state index contributed by atoms with van der Waals surface area (Å²) in [5, 5.41) is 15.4. The molecule has 0 aliphatic carbocycles. The number of rotatable bonds is 6. The van der Waals surface area contributed by atoms with Crippen LogP contribution in [0.1, 0.15) is 52.7 Å². The molecule has 1 heterocycles. The summed E-state index contributed by atoms with van der Waals surface area (Å²) in [5.74, 6) is -3.96. The molecule has 1 saturated heterocycles. The highest BCUT2D eigenvalue weighted by molar-refractivity contribution is 6.16. The minimum Gasteiger partial charge on any atom is -0.441 e. The second-order valence-corrected chi connectivity index (χ2v) is 8.70. The Hall–Kier alpha value is -3.01. The number of barbiturate groups is 1. The lowest BCUT2D eigenvalue weighted by Crippen LogP contribution is -2.62. The van der Waals surface area contributed by atoms with Gasteiger partial charge in [-0.3, -0.25) is 19.8 Å². The third-order valence-electron chi connectivity index (χ3n) is 4.54. The molecule has 3 atom stereocenters. The number of urea groups is 1. The Morgan fingerprint density at radius 1 is 1.29 bits per heavy atom. The second-order valence-electron chi connectivity index (χ2n) is 8.70. The summed E-state index contributed by atoms with van der Waals surface area (Å²) in [5.41, 5.74) is -0.372. The fraction of sp³-hybridized carbons (Fsp3) is 0.524. The fourth-order valence-corrected chi connectivity index (χ4v) is 3.21. The van der Waals surface area contributed by atoms with Crippen molar-refractivity contribution in [2.75, 3.05) is 0 Å². The normalized spacial score (nSPS) is 19.2. The molecule has 1 aliphatic heterocycles. The number of aliphatic hydroxyl groups is 1. The molecule has 1 aliphatic rings. The lowest BCUT2D eigenvalue weighted by molar-refractivity contribution is -0.149. The van der Waals surface area contributed by atoms with Crippen molar-refractivity contribution in [1.82, 2.24) is 15.5 Å². The lowest BCUT2D eigenvalue weighted by atomic mass is 9.91. The molecule has 0 spiro atoms. The van der Waals surface area contributed by atoms with Gasteiger partial charge >= 0.3 is 12.1 Å². The van der Waals surface area contributed by atoms with Crippen LogP contribution in [-0.4, -0.2) is 51.6 Å². The average molecular weight is 437 g/mol. The average Bonchev–Trinajstić information content (AvgIpc) is 2.58. The Bertz CT molecular complexity index is 867. The molecular weight excluding hydrogens is 409 g/mol. The van der Waals surface area contributed by atoms with E-state index in [9.17, 15) is 28.7 Å². The highest BCUT2D eigenvalue weighted by Gasteiger charge is 2.46. The van der Waals surface area contributed by atoms with Crippen LogP contribution >= 0.6 is 0 Å². The second kappa shape index (κ2) is 9.42. The van der Waals surface area contributed by atoms with Gasteiger partial charge in [-0.05, 0) is 52.3 Å². The molecule has 0 bridgehead atoms. The Labute approximate surface area is 179 Å². The van der Waals surface area contributed by atoms with Gasteiger partial charge in [0, 0.05) is 18.0 Å². The van der Waals surface area contributed by atoms with E-state index < -0.39 is 59.5 Å². The van der Waals surface area contributed by atoms with Gasteiger partial charge in [0.15, 0.2) is 0 Å². The van der Waals surface area contributed by atoms with Gasteiger partial charge in [0.1, 0.15) is 17.8 Å². The predicted molar refractivity (Wildman–Crippen MR) is 108 cm³/mol. The van der Waals surface area contributed by atoms with E-state index in [2.05, 4.69) is 10.6 Å². The van der Waals surface area contributed by atoms with Crippen LogP contribution in [0, 0.1) is 11.7 Å². The van der Waals surface area contributed by atoms with Gasteiger partial charge in [0.05, 0.1) is 6.10 Å². The van der Waals surface area contributed by atoms with E-state index in [1.807, 2.05) is 0 Å². The minimum atomic E-state index is -1.60. The SMILES string of the molecule is CC(C)N1C(=O)NC(=O)[C@@H]([C@H](O)C[C@@H](OC(=O)NC(C)(C)C)c2cccc(F)c2)C1=O. The number of hydrogen-bond donors (Lipinski definition) is 3. The number of carbonyl (C=O) groups is 4. The van der Waals surface area contributed by atoms with Crippen molar-refractivity contribution in [2.45, 2.75) is 64.8 Å². The number of carbonyl (C=O) groups excluding carboxylic acids is 4. The molecule has 2 rings (SSSR count). The smallest absolute Gasteiger partial charge is 0.408 e. The first kappa shape index (κ1) is 24.3. The zero-order valence-electron chi connectivity index (χ0n) is 18.1. The van der Waals surface area contributed by atoms with E-state index in [0.29, 0.717) is 0 Å². The van der Waals surface area contributed by atoms with Gasteiger partial charge in [0.25, 0.3) is 0 Å². The van der Waals surface area contributed by atoms with E-state index in [4.69, 9.17) is 4.74 Å². The molecule has 31 heavy (non-hydrogen) atoms. The van der Waals surface area contributed by atoms with E-state index >= 15 is 0 Å². The number of amides is 5. The van der Waals surface area contributed by atoms with Gasteiger partial charge in [-0.1, -0.05) is 12.1 Å². The molecule has 9 nitrogen and oxygen atoms in total. The molecule has 1 aromatic rings. The number of imide groups is 2. The topological polar surface area (TPSA) is 125 Å². The van der Waals surface area contributed by atoms with E-state index in [0.717, 1.165) is 11.0 Å². The molecule has 3 N–H and O–H groups in total. The van der Waals surface area contributed by atoms with Crippen LogP contribution in [-0.2, 0) is 14.3 Å². The van der Waals surface area contributed by atoms with E-state index in [-0.39, 0.29) is 12.0 Å². The van der Waals surface area contributed by atoms with E-state index in [1.54, 1.807) is 34.6 Å². The summed E-state index contributed by atoms with van der Waals surface area (Å²) in [4.78, 5) is 50.1. The summed E-state index contributed by atoms with van der Waals surface area (Å²) < 4.78 is 19.1. The molecular formula is C21H28FN3O6. The maximum Gasteiger partial charge on any atom is 0.408 e. The highest BCUT2D eigenvalue weighted by atomic mass is 19.1. The third-order valence-corrected chi connectivity index (χ3v) is 4.54. The summed E-state index contributed by atoms with van der Waals surface area (Å²) in [6.45, 7) is 8.40. The number of alkyl carbamates (subject to hydrolysis) is 1. The molecule has 0 saturated carbocycles. The van der Waals surface area contributed by atoms with Crippen molar-refractivity contribution in [1.29, 1.82) is 0 Å². The third kappa shape index (κ3) is 6.24. The van der Waals surface area contributed by atoms with Gasteiger partial charge in [0.2, 0.25) is 11.8 Å². The molecule has 1 fully saturated rings. The molecule has 10 heteroatoms. The zero-order valence-corrected chi connectivity index (χ0v) is 18.1. The van der Waals surface area contributed by atoms with Crippen molar-refractivity contribution >= 4 is 23.9 Å². The molecule has 170 valence electrons. The summed E-state index contributed by atoms with van der Waals surface area (Å²) in [6, 6.07) is 3.84. The first-order valence-electron chi connectivity index (χ1n) is 9.90. The van der Waals surface area contributed by atoms with Gasteiger partial charge < -0.3 is 15.2 Å².